The van der Waals surface area contributed by atoms with Gasteiger partial charge in [-0.15, -0.1) is 11.6 Å². The van der Waals surface area contributed by atoms with Gasteiger partial charge in [0, 0.05) is 0 Å². The van der Waals surface area contributed by atoms with Gasteiger partial charge in [-0.05, 0) is 0 Å². The van der Waals surface area contributed by atoms with Crippen molar-refractivity contribution < 1.29 is 24.5 Å². The zero-order chi connectivity index (χ0) is 6.28. The zero-order valence-corrected chi connectivity index (χ0v) is 7.19. The Morgan fingerprint density at radius 2 is 1.71 bits per heavy atom. The predicted octanol–water partition coefficient (Wildman–Crippen LogP) is 1.47. The molecule has 1 N–H and O–H groups in total. The van der Waals surface area contributed by atoms with Crippen molar-refractivity contribution >= 4 is 32.5 Å². The van der Waals surface area contributed by atoms with E-state index in [1.54, 1.807) is 0 Å². The van der Waals surface area contributed by atoms with E-state index in [0.717, 1.165) is 0 Å². The Morgan fingerprint density at radius 3 is 1.71 bits per heavy atom. The summed E-state index contributed by atoms with van der Waals surface area (Å²) >= 11 is 11.3. The van der Waals surface area contributed by atoms with Crippen molar-refractivity contribution in [2.75, 3.05) is 5.88 Å². The van der Waals surface area contributed by atoms with Crippen molar-refractivity contribution in [3.8, 4) is 0 Å². The van der Waals surface area contributed by atoms with Crippen LogP contribution in [0, 0.1) is 0 Å². The molecule has 43 valence electrons. The number of aliphatic hydroxyl groups is 1. The molecule has 7 heavy (non-hydrogen) atoms. The van der Waals surface area contributed by atoms with Gasteiger partial charge in [-0.3, -0.25) is 0 Å². The van der Waals surface area contributed by atoms with Crippen molar-refractivity contribution in [1.29, 1.82) is 0 Å². The summed E-state index contributed by atoms with van der Waals surface area (Å²) in [5, 5.41) is 7.99. The molecule has 0 aliphatic rings. The van der Waals surface area contributed by atoms with Gasteiger partial charge in [0.1, 0.15) is 5.56 Å². The van der Waals surface area contributed by atoms with Gasteiger partial charge < -0.3 is 5.11 Å². The molecular formula is C2H4Cl3OTi. The molecule has 0 aromatic rings. The van der Waals surface area contributed by atoms with Gasteiger partial charge in [-0.25, -0.2) is 0 Å². The third kappa shape index (κ3) is 18.5. The predicted molar refractivity (Wildman–Crippen MR) is 28.4 cm³/mol. The fourth-order valence-electron chi connectivity index (χ4n) is 0. The standard InChI is InChI=1S/C2H4Cl2O.ClH.Ti/c3-1-2(4)5;;/h2,5H,1H2;1H;/q;;+1/p-1. The molecule has 1 atom stereocenters. The van der Waals surface area contributed by atoms with Crippen LogP contribution in [0.2, 0.25) is 0 Å². The Balaban J connectivity index is 0. The average molecular weight is 198 g/mol. The second-order valence-corrected chi connectivity index (χ2v) is 1.40. The first-order valence-corrected chi connectivity index (χ1v) is 4.46. The van der Waals surface area contributed by atoms with E-state index in [4.69, 9.17) is 28.3 Å². The third-order valence-electron chi connectivity index (χ3n) is 0.127. The number of aliphatic hydroxyl groups excluding tert-OH is 1. The molecule has 0 aliphatic heterocycles. The van der Waals surface area contributed by atoms with E-state index in [0.29, 0.717) is 0 Å². The van der Waals surface area contributed by atoms with Crippen molar-refractivity contribution in [2.45, 2.75) is 5.56 Å². The Hall–Kier alpha value is 1.54. The van der Waals surface area contributed by atoms with Gasteiger partial charge in [-0.2, -0.15) is 0 Å². The molecule has 0 saturated carbocycles. The third-order valence-corrected chi connectivity index (χ3v) is 0.732. The fourth-order valence-corrected chi connectivity index (χ4v) is 0. The van der Waals surface area contributed by atoms with Gasteiger partial charge in [0.05, 0.1) is 5.88 Å². The van der Waals surface area contributed by atoms with E-state index in [1.807, 2.05) is 0 Å². The number of hydrogen-bond acceptors (Lipinski definition) is 1. The summed E-state index contributed by atoms with van der Waals surface area (Å²) in [6, 6.07) is 0. The van der Waals surface area contributed by atoms with Crippen LogP contribution >= 0.6 is 32.5 Å². The van der Waals surface area contributed by atoms with Crippen LogP contribution in [0.5, 0.6) is 0 Å². The summed E-state index contributed by atoms with van der Waals surface area (Å²) < 4.78 is 0. The normalized spacial score (nSPS) is 11.3. The summed E-state index contributed by atoms with van der Waals surface area (Å²) in [5.74, 6) is 0.0988. The minimum absolute atomic E-state index is 0.0988. The fraction of sp³-hybridized carbons (Fsp3) is 1.00. The van der Waals surface area contributed by atoms with Gasteiger partial charge in [0.25, 0.3) is 0 Å². The molecule has 0 radical (unpaired) electrons. The van der Waals surface area contributed by atoms with Crippen molar-refractivity contribution in [3.63, 3.8) is 0 Å². The number of halogens is 3. The Morgan fingerprint density at radius 1 is 1.57 bits per heavy atom. The Labute approximate surface area is 68.2 Å². The molecule has 0 heterocycles. The van der Waals surface area contributed by atoms with Crippen LogP contribution < -0.4 is 0 Å². The summed E-state index contributed by atoms with van der Waals surface area (Å²) in [6.45, 7) is 0. The molecule has 0 amide bonds. The molecule has 1 nitrogen and oxygen atoms in total. The number of alkyl halides is 2. The molecular weight excluding hydrogens is 194 g/mol. The van der Waals surface area contributed by atoms with Gasteiger partial charge in [0.15, 0.2) is 0 Å². The van der Waals surface area contributed by atoms with E-state index < -0.39 is 5.56 Å². The Kier molecular flexibility index (Phi) is 17.1. The zero-order valence-electron chi connectivity index (χ0n) is 3.37. The number of hydrogen-bond donors (Lipinski definition) is 1. The first-order valence-electron chi connectivity index (χ1n) is 1.34. The molecule has 0 saturated heterocycles. The summed E-state index contributed by atoms with van der Waals surface area (Å²) in [4.78, 5) is 0. The van der Waals surface area contributed by atoms with Crippen LogP contribution in [0.1, 0.15) is 0 Å². The topological polar surface area (TPSA) is 20.2 Å². The van der Waals surface area contributed by atoms with Crippen LogP contribution in [-0.4, -0.2) is 16.5 Å². The molecule has 0 spiro atoms. The second-order valence-electron chi connectivity index (χ2n) is 0.589. The molecule has 0 aromatic carbocycles. The van der Waals surface area contributed by atoms with E-state index in [1.165, 1.54) is 19.4 Å². The maximum atomic E-state index is 7.99. The molecule has 5 heteroatoms. The van der Waals surface area contributed by atoms with E-state index in [9.17, 15) is 0 Å². The molecule has 0 fully saturated rings. The van der Waals surface area contributed by atoms with Crippen molar-refractivity contribution in [2.24, 2.45) is 0 Å². The summed E-state index contributed by atoms with van der Waals surface area (Å²) in [6.07, 6.45) is 0. The van der Waals surface area contributed by atoms with Gasteiger partial charge >= 0.3 is 28.7 Å². The molecule has 0 aliphatic carbocycles. The van der Waals surface area contributed by atoms with Crippen LogP contribution in [0.15, 0.2) is 0 Å². The quantitative estimate of drug-likeness (QED) is 0.499. The first-order chi connectivity index (χ1) is 3.27. The van der Waals surface area contributed by atoms with Gasteiger partial charge in [-0.1, -0.05) is 11.6 Å². The minimum atomic E-state index is -0.878. The Bertz CT molecular complexity index is 26.9. The van der Waals surface area contributed by atoms with Crippen LogP contribution in [0.25, 0.3) is 0 Å². The average Bonchev–Trinajstić information content (AvgIpc) is 1.73. The van der Waals surface area contributed by atoms with Crippen LogP contribution in [-0.2, 0) is 19.4 Å². The van der Waals surface area contributed by atoms with E-state index in [2.05, 4.69) is 9.30 Å². The SMILES string of the molecule is OC(Cl)CCl.[Cl][Ti]. The number of rotatable bonds is 1. The molecule has 0 rings (SSSR count). The monoisotopic (exact) mass is 197 g/mol. The molecule has 1 unspecified atom stereocenters. The van der Waals surface area contributed by atoms with Crippen molar-refractivity contribution in [3.05, 3.63) is 0 Å². The second kappa shape index (κ2) is 10.5. The summed E-state index contributed by atoms with van der Waals surface area (Å²) in [7, 11) is 4.64. The molecule has 0 aromatic heterocycles. The summed E-state index contributed by atoms with van der Waals surface area (Å²) in [5.41, 5.74) is -0.878. The van der Waals surface area contributed by atoms with Crippen molar-refractivity contribution in [1.82, 2.24) is 0 Å². The van der Waals surface area contributed by atoms with E-state index >= 15 is 0 Å². The maximum absolute atomic E-state index is 7.99. The van der Waals surface area contributed by atoms with Crippen LogP contribution in [0.4, 0.5) is 0 Å². The van der Waals surface area contributed by atoms with Gasteiger partial charge in [0.2, 0.25) is 0 Å². The van der Waals surface area contributed by atoms with Crippen LogP contribution in [0.3, 0.4) is 0 Å². The molecule has 0 bridgehead atoms. The van der Waals surface area contributed by atoms with E-state index in [-0.39, 0.29) is 5.88 Å². The first kappa shape index (κ1) is 11.4.